The minimum absolute atomic E-state index is 0.0936. The first-order valence-corrected chi connectivity index (χ1v) is 12.6. The Hall–Kier alpha value is -3.01. The van der Waals surface area contributed by atoms with Gasteiger partial charge < -0.3 is 4.98 Å². The third-order valence-electron chi connectivity index (χ3n) is 5.03. The molecule has 0 aliphatic rings. The maximum absolute atomic E-state index is 13.5. The van der Waals surface area contributed by atoms with E-state index in [1.165, 1.54) is 40.0 Å². The third-order valence-corrected chi connectivity index (χ3v) is 7.80. The molecule has 5 aromatic rings. The number of nitrogens with zero attached hydrogens (tertiary/aromatic N) is 3. The van der Waals surface area contributed by atoms with Crippen molar-refractivity contribution in [1.82, 2.24) is 19.5 Å². The van der Waals surface area contributed by atoms with Crippen LogP contribution in [0.5, 0.6) is 0 Å². The Morgan fingerprint density at radius 2 is 1.97 bits per heavy atom. The molecular formula is C23H18N4O2S3. The Morgan fingerprint density at radius 3 is 2.75 bits per heavy atom. The van der Waals surface area contributed by atoms with Gasteiger partial charge in [0.05, 0.1) is 16.7 Å². The molecule has 0 saturated heterocycles. The first kappa shape index (κ1) is 20.9. The third kappa shape index (κ3) is 3.72. The summed E-state index contributed by atoms with van der Waals surface area (Å²) in [5, 5.41) is 5.03. The van der Waals surface area contributed by atoms with Gasteiger partial charge in [-0.2, -0.15) is 0 Å². The number of thiophene rings is 2. The molecule has 0 aliphatic carbocycles. The van der Waals surface area contributed by atoms with Gasteiger partial charge in [0.25, 0.3) is 11.1 Å². The van der Waals surface area contributed by atoms with E-state index in [4.69, 9.17) is 4.98 Å². The van der Waals surface area contributed by atoms with E-state index in [9.17, 15) is 9.59 Å². The highest BCUT2D eigenvalue weighted by atomic mass is 32.2. The van der Waals surface area contributed by atoms with Crippen molar-refractivity contribution >= 4 is 54.9 Å². The van der Waals surface area contributed by atoms with Crippen molar-refractivity contribution in [2.45, 2.75) is 24.4 Å². The zero-order valence-corrected chi connectivity index (χ0v) is 19.6. The summed E-state index contributed by atoms with van der Waals surface area (Å²) in [5.74, 6) is 0.948. The van der Waals surface area contributed by atoms with Gasteiger partial charge in [-0.15, -0.1) is 29.3 Å². The van der Waals surface area contributed by atoms with Crippen LogP contribution in [0.4, 0.5) is 0 Å². The van der Waals surface area contributed by atoms with Gasteiger partial charge in [0, 0.05) is 17.5 Å². The van der Waals surface area contributed by atoms with Crippen LogP contribution in [0.2, 0.25) is 0 Å². The fraction of sp³-hybridized carbons (Fsp3) is 0.130. The van der Waals surface area contributed by atoms with Crippen LogP contribution >= 0.6 is 34.4 Å². The molecule has 0 unspecified atom stereocenters. The standard InChI is InChI=1S/C23H18N4O2S3/c1-3-9-27-22(29)18-15(14-6-4-13(2)5-7-14)11-31-21(18)26-23(27)32-12-17-24-16-8-10-30-19(16)20(28)25-17/h3-8,10-11H,1,9,12H2,2H3,(H,24,25,28). The first-order chi connectivity index (χ1) is 15.5. The summed E-state index contributed by atoms with van der Waals surface area (Å²) < 4.78 is 2.25. The quantitative estimate of drug-likeness (QED) is 0.206. The number of benzene rings is 1. The van der Waals surface area contributed by atoms with E-state index in [-0.39, 0.29) is 11.1 Å². The molecule has 4 heterocycles. The lowest BCUT2D eigenvalue weighted by Gasteiger charge is -2.10. The number of aromatic amines is 1. The van der Waals surface area contributed by atoms with Gasteiger partial charge >= 0.3 is 0 Å². The molecule has 0 fully saturated rings. The van der Waals surface area contributed by atoms with Gasteiger partial charge in [0.15, 0.2) is 5.16 Å². The Bertz CT molecular complexity index is 1580. The molecule has 1 aromatic carbocycles. The lowest BCUT2D eigenvalue weighted by atomic mass is 10.1. The molecule has 0 bridgehead atoms. The molecule has 5 rings (SSSR count). The van der Waals surface area contributed by atoms with E-state index < -0.39 is 0 Å². The number of H-pyrrole nitrogens is 1. The summed E-state index contributed by atoms with van der Waals surface area (Å²) >= 11 is 4.21. The first-order valence-electron chi connectivity index (χ1n) is 9.84. The van der Waals surface area contributed by atoms with Crippen molar-refractivity contribution in [3.63, 3.8) is 0 Å². The van der Waals surface area contributed by atoms with Gasteiger partial charge in [-0.05, 0) is 23.9 Å². The Kier molecular flexibility index (Phi) is 5.54. The van der Waals surface area contributed by atoms with Crippen LogP contribution in [-0.2, 0) is 12.3 Å². The summed E-state index contributed by atoms with van der Waals surface area (Å²) in [7, 11) is 0. The zero-order chi connectivity index (χ0) is 22.2. The average Bonchev–Trinajstić information content (AvgIpc) is 3.43. The molecule has 6 nitrogen and oxygen atoms in total. The maximum Gasteiger partial charge on any atom is 0.268 e. The maximum atomic E-state index is 13.5. The molecule has 0 saturated carbocycles. The predicted octanol–water partition coefficient (Wildman–Crippen LogP) is 5.21. The number of thioether (sulfide) groups is 1. The van der Waals surface area contributed by atoms with E-state index in [0.717, 1.165) is 11.1 Å². The van der Waals surface area contributed by atoms with Crippen molar-refractivity contribution in [3.05, 3.63) is 85.8 Å². The predicted molar refractivity (Wildman–Crippen MR) is 134 cm³/mol. The summed E-state index contributed by atoms with van der Waals surface area (Å²) in [6.07, 6.45) is 1.69. The van der Waals surface area contributed by atoms with Gasteiger partial charge in [0.2, 0.25) is 0 Å². The Morgan fingerprint density at radius 1 is 1.16 bits per heavy atom. The van der Waals surface area contributed by atoms with Crippen LogP contribution in [-0.4, -0.2) is 19.5 Å². The second-order valence-corrected chi connectivity index (χ2v) is 9.95. The van der Waals surface area contributed by atoms with Gasteiger partial charge in [-0.3, -0.25) is 14.2 Å². The van der Waals surface area contributed by atoms with Crippen molar-refractivity contribution in [1.29, 1.82) is 0 Å². The van der Waals surface area contributed by atoms with Crippen LogP contribution in [0.1, 0.15) is 11.4 Å². The van der Waals surface area contributed by atoms with E-state index in [1.54, 1.807) is 10.6 Å². The minimum atomic E-state index is -0.145. The Labute approximate surface area is 195 Å². The van der Waals surface area contributed by atoms with Gasteiger partial charge in [-0.1, -0.05) is 47.7 Å². The monoisotopic (exact) mass is 478 g/mol. The highest BCUT2D eigenvalue weighted by Gasteiger charge is 2.17. The highest BCUT2D eigenvalue weighted by molar-refractivity contribution is 7.98. The number of aromatic nitrogens is 4. The van der Waals surface area contributed by atoms with Crippen LogP contribution < -0.4 is 11.1 Å². The lowest BCUT2D eigenvalue weighted by Crippen LogP contribution is -2.22. The number of hydrogen-bond donors (Lipinski definition) is 1. The van der Waals surface area contributed by atoms with Crippen molar-refractivity contribution in [2.24, 2.45) is 0 Å². The normalized spacial score (nSPS) is 11.4. The van der Waals surface area contributed by atoms with E-state index in [2.05, 4.69) is 16.5 Å². The fourth-order valence-electron chi connectivity index (χ4n) is 3.47. The number of nitrogens with one attached hydrogen (secondary N) is 1. The van der Waals surface area contributed by atoms with Crippen LogP contribution in [0, 0.1) is 6.92 Å². The van der Waals surface area contributed by atoms with E-state index in [0.29, 0.717) is 43.7 Å². The van der Waals surface area contributed by atoms with Crippen molar-refractivity contribution in [2.75, 3.05) is 0 Å². The smallest absolute Gasteiger partial charge is 0.268 e. The average molecular weight is 479 g/mol. The molecule has 160 valence electrons. The summed E-state index contributed by atoms with van der Waals surface area (Å²) in [6, 6.07) is 9.96. The van der Waals surface area contributed by atoms with E-state index in [1.807, 2.05) is 48.0 Å². The summed E-state index contributed by atoms with van der Waals surface area (Å²) in [5.41, 5.74) is 3.50. The number of rotatable bonds is 6. The van der Waals surface area contributed by atoms with Gasteiger partial charge in [0.1, 0.15) is 15.4 Å². The lowest BCUT2D eigenvalue weighted by molar-refractivity contribution is 0.672. The highest BCUT2D eigenvalue weighted by Crippen LogP contribution is 2.32. The molecule has 9 heteroatoms. The fourth-order valence-corrected chi connectivity index (χ4v) is 6.07. The molecule has 0 spiro atoms. The van der Waals surface area contributed by atoms with Crippen molar-refractivity contribution < 1.29 is 0 Å². The van der Waals surface area contributed by atoms with Gasteiger partial charge in [-0.25, -0.2) is 9.97 Å². The topological polar surface area (TPSA) is 80.6 Å². The van der Waals surface area contributed by atoms with Crippen LogP contribution in [0.3, 0.4) is 0 Å². The minimum Gasteiger partial charge on any atom is -0.309 e. The molecule has 1 N–H and O–H groups in total. The number of hydrogen-bond acceptors (Lipinski definition) is 7. The van der Waals surface area contributed by atoms with Crippen molar-refractivity contribution in [3.8, 4) is 11.1 Å². The zero-order valence-electron chi connectivity index (χ0n) is 17.1. The van der Waals surface area contributed by atoms with Crippen LogP contribution in [0.25, 0.3) is 31.6 Å². The number of allylic oxidation sites excluding steroid dienone is 1. The number of fused-ring (bicyclic) bond motifs is 2. The molecule has 0 amide bonds. The molecule has 32 heavy (non-hydrogen) atoms. The molecule has 0 atom stereocenters. The summed E-state index contributed by atoms with van der Waals surface area (Å²) in [6.45, 7) is 6.19. The molecule has 4 aromatic heterocycles. The molecule has 0 radical (unpaired) electrons. The largest absolute Gasteiger partial charge is 0.309 e. The summed E-state index contributed by atoms with van der Waals surface area (Å²) in [4.78, 5) is 38.6. The SMILES string of the molecule is C=CCn1c(SCc2nc3ccsc3c(=O)[nH]2)nc2scc(-c3ccc(C)cc3)c2c1=O. The number of aryl methyl sites for hydroxylation is 1. The molecule has 0 aliphatic heterocycles. The van der Waals surface area contributed by atoms with E-state index >= 15 is 0 Å². The second kappa shape index (κ2) is 8.50. The Balaban J connectivity index is 1.56. The molecular weight excluding hydrogens is 460 g/mol. The van der Waals surface area contributed by atoms with Crippen LogP contribution in [0.15, 0.2) is 68.5 Å². The second-order valence-electron chi connectivity index (χ2n) is 7.23.